The number of nitrogens with two attached hydrogens (primary N) is 1. The summed E-state index contributed by atoms with van der Waals surface area (Å²) in [7, 11) is -4.31. The van der Waals surface area contributed by atoms with Crippen LogP contribution < -0.4 is 11.1 Å². The third-order valence-corrected chi connectivity index (χ3v) is 11.7. The van der Waals surface area contributed by atoms with Gasteiger partial charge in [0, 0.05) is 13.0 Å². The highest BCUT2D eigenvalue weighted by molar-refractivity contribution is 7.47. The molecule has 0 saturated carbocycles. The van der Waals surface area contributed by atoms with Gasteiger partial charge in [0.2, 0.25) is 5.91 Å². The van der Waals surface area contributed by atoms with Crippen LogP contribution in [0, 0.1) is 0 Å². The fraction of sp³-hybridized carbons (Fsp3) is 0.977. The van der Waals surface area contributed by atoms with Crippen molar-refractivity contribution < 1.29 is 28.4 Å². The van der Waals surface area contributed by atoms with Gasteiger partial charge in [0.15, 0.2) is 0 Å². The van der Waals surface area contributed by atoms with E-state index in [1.165, 1.54) is 180 Å². The molecule has 0 aliphatic carbocycles. The van der Waals surface area contributed by atoms with E-state index in [0.29, 0.717) is 12.8 Å². The van der Waals surface area contributed by atoms with E-state index in [1.54, 1.807) is 0 Å². The normalized spacial score (nSPS) is 14.0. The average molecular weight is 775 g/mol. The highest BCUT2D eigenvalue weighted by Crippen LogP contribution is 2.43. The SMILES string of the molecule is CCCCCCCCCCCCCCCCCCCCCCCCCC(=O)NC(COP(=O)(O)OCCN)C(O)CCCCCCCCCCCCC. The molecule has 1 amide bonds. The Labute approximate surface area is 329 Å². The molecule has 5 N–H and O–H groups in total. The number of unbranched alkanes of at least 4 members (excludes halogenated alkanes) is 32. The zero-order valence-corrected chi connectivity index (χ0v) is 36.2. The lowest BCUT2D eigenvalue weighted by Crippen LogP contribution is -2.46. The van der Waals surface area contributed by atoms with E-state index < -0.39 is 20.0 Å². The summed E-state index contributed by atoms with van der Waals surface area (Å²) in [5.41, 5.74) is 5.38. The van der Waals surface area contributed by atoms with Crippen molar-refractivity contribution in [2.75, 3.05) is 19.8 Å². The Balaban J connectivity index is 3.96. The van der Waals surface area contributed by atoms with Gasteiger partial charge in [0.25, 0.3) is 0 Å². The number of hydrogen-bond acceptors (Lipinski definition) is 6. The number of amides is 1. The molecule has 0 aliphatic heterocycles. The van der Waals surface area contributed by atoms with Crippen molar-refractivity contribution in [3.63, 3.8) is 0 Å². The molecule has 0 saturated heterocycles. The van der Waals surface area contributed by atoms with Crippen LogP contribution in [0.15, 0.2) is 0 Å². The molecule has 0 heterocycles. The van der Waals surface area contributed by atoms with Crippen molar-refractivity contribution >= 4 is 13.7 Å². The number of rotatable bonds is 44. The molecule has 0 radical (unpaired) electrons. The predicted octanol–water partition coefficient (Wildman–Crippen LogP) is 13.0. The summed E-state index contributed by atoms with van der Waals surface area (Å²) < 4.78 is 22.2. The van der Waals surface area contributed by atoms with Crippen LogP contribution in [0.4, 0.5) is 0 Å². The van der Waals surface area contributed by atoms with Gasteiger partial charge in [-0.25, -0.2) is 4.57 Å². The first-order valence-electron chi connectivity index (χ1n) is 23.2. The molecule has 8 nitrogen and oxygen atoms in total. The van der Waals surface area contributed by atoms with Gasteiger partial charge in [-0.1, -0.05) is 226 Å². The van der Waals surface area contributed by atoms with Crippen LogP contribution in [-0.2, 0) is 18.4 Å². The lowest BCUT2D eigenvalue weighted by molar-refractivity contribution is -0.123. The number of hydrogen-bond donors (Lipinski definition) is 4. The highest BCUT2D eigenvalue weighted by Gasteiger charge is 2.27. The third-order valence-electron chi connectivity index (χ3n) is 10.7. The minimum Gasteiger partial charge on any atom is -0.391 e. The lowest BCUT2D eigenvalue weighted by Gasteiger charge is -2.25. The molecule has 0 aromatic heterocycles. The molecule has 0 aromatic rings. The summed E-state index contributed by atoms with van der Waals surface area (Å²) in [5.74, 6) is -0.157. The Bertz CT molecular complexity index is 804. The van der Waals surface area contributed by atoms with E-state index in [0.717, 1.165) is 38.5 Å². The number of phosphoric ester groups is 1. The Morgan fingerprint density at radius 1 is 0.547 bits per heavy atom. The fourth-order valence-electron chi connectivity index (χ4n) is 7.20. The van der Waals surface area contributed by atoms with Crippen LogP contribution in [0.5, 0.6) is 0 Å². The molecule has 0 bridgehead atoms. The molecule has 318 valence electrons. The van der Waals surface area contributed by atoms with E-state index in [9.17, 15) is 19.4 Å². The second-order valence-electron chi connectivity index (χ2n) is 16.0. The van der Waals surface area contributed by atoms with Crippen molar-refractivity contribution in [2.45, 2.75) is 257 Å². The van der Waals surface area contributed by atoms with Crippen molar-refractivity contribution in [3.8, 4) is 0 Å². The van der Waals surface area contributed by atoms with E-state index in [-0.39, 0.29) is 25.7 Å². The Hall–Kier alpha value is -0.500. The maximum absolute atomic E-state index is 12.8. The van der Waals surface area contributed by atoms with Crippen molar-refractivity contribution in [2.24, 2.45) is 5.73 Å². The number of aliphatic hydroxyl groups is 1. The minimum absolute atomic E-state index is 0.0924. The van der Waals surface area contributed by atoms with Gasteiger partial charge in [-0.2, -0.15) is 0 Å². The van der Waals surface area contributed by atoms with Crippen molar-refractivity contribution in [1.82, 2.24) is 5.32 Å². The zero-order valence-electron chi connectivity index (χ0n) is 35.3. The summed E-state index contributed by atoms with van der Waals surface area (Å²) in [6, 6.07) is -0.767. The zero-order chi connectivity index (χ0) is 38.9. The molecule has 53 heavy (non-hydrogen) atoms. The molecule has 0 fully saturated rings. The van der Waals surface area contributed by atoms with E-state index >= 15 is 0 Å². The van der Waals surface area contributed by atoms with Gasteiger partial charge in [-0.3, -0.25) is 13.8 Å². The van der Waals surface area contributed by atoms with Crippen LogP contribution >= 0.6 is 7.82 Å². The van der Waals surface area contributed by atoms with Crippen LogP contribution in [-0.4, -0.2) is 47.8 Å². The van der Waals surface area contributed by atoms with Crippen molar-refractivity contribution in [1.29, 1.82) is 0 Å². The second kappa shape index (κ2) is 41.1. The van der Waals surface area contributed by atoms with Crippen LogP contribution in [0.2, 0.25) is 0 Å². The number of carbonyl (C=O) groups excluding carboxylic acids is 1. The Morgan fingerprint density at radius 2 is 0.868 bits per heavy atom. The molecular formula is C44H91N2O6P. The monoisotopic (exact) mass is 775 g/mol. The molecule has 3 unspecified atom stereocenters. The third kappa shape index (κ3) is 39.5. The first-order chi connectivity index (χ1) is 25.9. The van der Waals surface area contributed by atoms with E-state index in [1.807, 2.05) is 0 Å². The first-order valence-corrected chi connectivity index (χ1v) is 24.6. The molecule has 3 atom stereocenters. The smallest absolute Gasteiger partial charge is 0.391 e. The summed E-state index contributed by atoms with van der Waals surface area (Å²) in [5, 5.41) is 13.8. The summed E-state index contributed by atoms with van der Waals surface area (Å²) in [6.07, 6.45) is 44.1. The number of nitrogens with one attached hydrogen (secondary N) is 1. The predicted molar refractivity (Wildman–Crippen MR) is 226 cm³/mol. The molecule has 9 heteroatoms. The summed E-state index contributed by atoms with van der Waals surface area (Å²) in [6.45, 7) is 4.23. The first kappa shape index (κ1) is 52.5. The van der Waals surface area contributed by atoms with Crippen LogP contribution in [0.3, 0.4) is 0 Å². The highest BCUT2D eigenvalue weighted by atomic mass is 31.2. The number of carbonyl (C=O) groups is 1. The summed E-state index contributed by atoms with van der Waals surface area (Å²) >= 11 is 0. The molecule has 0 rings (SSSR count). The number of phosphoric acid groups is 1. The topological polar surface area (TPSA) is 131 Å². The second-order valence-corrected chi connectivity index (χ2v) is 17.4. The maximum Gasteiger partial charge on any atom is 0.472 e. The van der Waals surface area contributed by atoms with Crippen molar-refractivity contribution in [3.05, 3.63) is 0 Å². The molecule has 0 aromatic carbocycles. The maximum atomic E-state index is 12.8. The van der Waals surface area contributed by atoms with Gasteiger partial charge in [-0.15, -0.1) is 0 Å². The van der Waals surface area contributed by atoms with E-state index in [4.69, 9.17) is 14.8 Å². The van der Waals surface area contributed by atoms with Gasteiger partial charge >= 0.3 is 7.82 Å². The van der Waals surface area contributed by atoms with Gasteiger partial charge in [-0.05, 0) is 12.8 Å². The Morgan fingerprint density at radius 3 is 1.21 bits per heavy atom. The van der Waals surface area contributed by atoms with Crippen LogP contribution in [0.1, 0.15) is 245 Å². The largest absolute Gasteiger partial charge is 0.472 e. The van der Waals surface area contributed by atoms with Gasteiger partial charge < -0.3 is 21.1 Å². The van der Waals surface area contributed by atoms with Crippen LogP contribution in [0.25, 0.3) is 0 Å². The molecular weight excluding hydrogens is 683 g/mol. The number of aliphatic hydroxyl groups excluding tert-OH is 1. The minimum atomic E-state index is -4.31. The Kier molecular flexibility index (Phi) is 40.8. The summed E-state index contributed by atoms with van der Waals surface area (Å²) in [4.78, 5) is 22.7. The van der Waals surface area contributed by atoms with Gasteiger partial charge in [0.1, 0.15) is 0 Å². The average Bonchev–Trinajstić information content (AvgIpc) is 3.14. The molecule has 0 aliphatic rings. The van der Waals surface area contributed by atoms with E-state index in [2.05, 4.69) is 19.2 Å². The lowest BCUT2D eigenvalue weighted by atomic mass is 10.0. The molecule has 0 spiro atoms. The van der Waals surface area contributed by atoms with Gasteiger partial charge in [0.05, 0.1) is 25.4 Å². The standard InChI is InChI=1S/C44H91N2O6P/c1-3-5-7-9-11-13-15-16-17-18-19-20-21-22-23-24-25-26-28-30-32-34-36-38-44(48)46-42(41-52-53(49,50)51-40-39-45)43(47)37-35-33-31-29-27-14-12-10-8-6-4-2/h42-43,47H,3-41,45H2,1-2H3,(H,46,48)(H,49,50). The quantitative estimate of drug-likeness (QED) is 0.0358. The fourth-order valence-corrected chi connectivity index (χ4v) is 7.96.